The molecule has 0 unspecified atom stereocenters. The van der Waals surface area contributed by atoms with E-state index < -0.39 is 24.0 Å². The number of halogens is 1. The van der Waals surface area contributed by atoms with Crippen LogP contribution in [0.15, 0.2) is 48.7 Å². The number of carbonyl (C=O) groups excluding carboxylic acids is 2. The van der Waals surface area contributed by atoms with Crippen LogP contribution >= 0.6 is 11.6 Å². The van der Waals surface area contributed by atoms with Crippen molar-refractivity contribution < 1.29 is 14.3 Å². The molecule has 0 bridgehead atoms. The van der Waals surface area contributed by atoms with Crippen LogP contribution in [0.3, 0.4) is 0 Å². The third kappa shape index (κ3) is 4.78. The van der Waals surface area contributed by atoms with Gasteiger partial charge in [-0.15, -0.1) is 0 Å². The molecule has 0 fully saturated rings. The van der Waals surface area contributed by atoms with Crippen molar-refractivity contribution in [3.8, 4) is 0 Å². The first-order chi connectivity index (χ1) is 11.5. The number of ether oxygens (including phenoxy) is 1. The molecule has 0 radical (unpaired) electrons. The van der Waals surface area contributed by atoms with Crippen molar-refractivity contribution >= 4 is 23.4 Å². The molecule has 0 aliphatic heterocycles. The van der Waals surface area contributed by atoms with Crippen LogP contribution in [-0.4, -0.2) is 29.9 Å². The summed E-state index contributed by atoms with van der Waals surface area (Å²) in [5.41, 5.74) is 6.82. The van der Waals surface area contributed by atoms with E-state index in [4.69, 9.17) is 22.1 Å². The summed E-state index contributed by atoms with van der Waals surface area (Å²) in [7, 11) is 1.43. The van der Waals surface area contributed by atoms with E-state index in [9.17, 15) is 9.59 Å². The van der Waals surface area contributed by atoms with Gasteiger partial charge in [-0.1, -0.05) is 48.0 Å². The molecule has 0 saturated carbocycles. The number of primary amides is 1. The lowest BCUT2D eigenvalue weighted by Gasteiger charge is -2.20. The van der Waals surface area contributed by atoms with E-state index in [0.29, 0.717) is 10.7 Å². The number of hydrogen-bond acceptors (Lipinski definition) is 4. The summed E-state index contributed by atoms with van der Waals surface area (Å²) in [6.07, 6.45) is 0.933. The zero-order valence-electron chi connectivity index (χ0n) is 13.1. The lowest BCUT2D eigenvalue weighted by molar-refractivity contribution is -0.134. The first kappa shape index (κ1) is 17.9. The molecular formula is C17H18ClN3O3. The third-order valence-electron chi connectivity index (χ3n) is 3.46. The van der Waals surface area contributed by atoms with Crippen molar-refractivity contribution in [2.75, 3.05) is 7.11 Å². The van der Waals surface area contributed by atoms with Gasteiger partial charge < -0.3 is 15.8 Å². The number of nitrogens with zero attached hydrogens (tertiary/aromatic N) is 1. The lowest BCUT2D eigenvalue weighted by Crippen LogP contribution is -2.47. The van der Waals surface area contributed by atoms with Crippen molar-refractivity contribution in [3.63, 3.8) is 0 Å². The zero-order valence-corrected chi connectivity index (χ0v) is 13.9. The number of nitrogens with two attached hydrogens (primary N) is 1. The second-order valence-corrected chi connectivity index (χ2v) is 5.57. The van der Waals surface area contributed by atoms with Gasteiger partial charge in [-0.3, -0.25) is 9.59 Å². The number of benzene rings is 1. The van der Waals surface area contributed by atoms with E-state index in [1.807, 2.05) is 6.07 Å². The molecule has 1 heterocycles. The maximum Gasteiger partial charge on any atom is 0.254 e. The molecule has 0 saturated heterocycles. The smallest absolute Gasteiger partial charge is 0.254 e. The normalized spacial score (nSPS) is 13.1. The second-order valence-electron chi connectivity index (χ2n) is 5.18. The molecule has 2 aromatic rings. The minimum absolute atomic E-state index is 0.219. The predicted octanol–water partition coefficient (Wildman–Crippen LogP) is 1.64. The van der Waals surface area contributed by atoms with Crippen LogP contribution in [0.2, 0.25) is 5.15 Å². The van der Waals surface area contributed by atoms with Gasteiger partial charge in [-0.25, -0.2) is 4.98 Å². The van der Waals surface area contributed by atoms with Crippen LogP contribution in [0, 0.1) is 0 Å². The maximum atomic E-state index is 12.5. The van der Waals surface area contributed by atoms with Crippen LogP contribution in [0.4, 0.5) is 0 Å². The van der Waals surface area contributed by atoms with Gasteiger partial charge in [0, 0.05) is 19.7 Å². The minimum Gasteiger partial charge on any atom is -0.368 e. The standard InChI is InChI=1S/C17H18ClN3O3/c1-24-15(12-5-3-2-4-6-12)17(23)21-13(16(19)22)9-11-7-8-14(18)20-10-11/h2-8,10,13,15H,9H2,1H3,(H2,19,22)(H,21,23)/t13-,15-/m0/s1. The fourth-order valence-electron chi connectivity index (χ4n) is 2.26. The number of aromatic nitrogens is 1. The highest BCUT2D eigenvalue weighted by atomic mass is 35.5. The molecule has 0 spiro atoms. The van der Waals surface area contributed by atoms with E-state index in [1.54, 1.807) is 36.4 Å². The van der Waals surface area contributed by atoms with Crippen LogP contribution in [0.25, 0.3) is 0 Å². The fourth-order valence-corrected chi connectivity index (χ4v) is 2.37. The van der Waals surface area contributed by atoms with Gasteiger partial charge in [-0.2, -0.15) is 0 Å². The number of pyridine rings is 1. The molecule has 3 N–H and O–H groups in total. The van der Waals surface area contributed by atoms with Gasteiger partial charge >= 0.3 is 0 Å². The highest BCUT2D eigenvalue weighted by molar-refractivity contribution is 6.29. The van der Waals surface area contributed by atoms with E-state index in [1.165, 1.54) is 13.3 Å². The molecule has 126 valence electrons. The summed E-state index contributed by atoms with van der Waals surface area (Å²) < 4.78 is 5.25. The van der Waals surface area contributed by atoms with Crippen LogP contribution in [0.5, 0.6) is 0 Å². The highest BCUT2D eigenvalue weighted by Crippen LogP contribution is 2.17. The largest absolute Gasteiger partial charge is 0.368 e. The molecule has 2 atom stereocenters. The Morgan fingerprint density at radius 3 is 2.50 bits per heavy atom. The van der Waals surface area contributed by atoms with E-state index >= 15 is 0 Å². The molecule has 6 nitrogen and oxygen atoms in total. The molecule has 7 heteroatoms. The van der Waals surface area contributed by atoms with E-state index in [0.717, 1.165) is 5.56 Å². The van der Waals surface area contributed by atoms with Gasteiger partial charge in [0.15, 0.2) is 6.10 Å². The molecule has 2 rings (SSSR count). The van der Waals surface area contributed by atoms with Gasteiger partial charge in [0.05, 0.1) is 0 Å². The Kier molecular flexibility index (Phi) is 6.28. The Hall–Kier alpha value is -2.44. The molecule has 0 aliphatic rings. The van der Waals surface area contributed by atoms with Crippen molar-refractivity contribution in [1.82, 2.24) is 10.3 Å². The predicted molar refractivity (Wildman–Crippen MR) is 90.3 cm³/mol. The molecule has 24 heavy (non-hydrogen) atoms. The van der Waals surface area contributed by atoms with E-state index in [2.05, 4.69) is 10.3 Å². The number of methoxy groups -OCH3 is 1. The summed E-state index contributed by atoms with van der Waals surface area (Å²) in [6.45, 7) is 0. The van der Waals surface area contributed by atoms with Crippen LogP contribution in [-0.2, 0) is 20.7 Å². The summed E-state index contributed by atoms with van der Waals surface area (Å²) in [6, 6.07) is 11.5. The third-order valence-corrected chi connectivity index (χ3v) is 3.69. The van der Waals surface area contributed by atoms with Crippen molar-refractivity contribution in [2.45, 2.75) is 18.6 Å². The van der Waals surface area contributed by atoms with Gasteiger partial charge in [-0.05, 0) is 17.2 Å². The lowest BCUT2D eigenvalue weighted by atomic mass is 10.1. The average molecular weight is 348 g/mol. The molecule has 1 aromatic carbocycles. The van der Waals surface area contributed by atoms with Crippen LogP contribution < -0.4 is 11.1 Å². The second kappa shape index (κ2) is 8.42. The Bertz CT molecular complexity index is 692. The van der Waals surface area contributed by atoms with Crippen LogP contribution in [0.1, 0.15) is 17.2 Å². The van der Waals surface area contributed by atoms with E-state index in [-0.39, 0.29) is 6.42 Å². The Morgan fingerprint density at radius 2 is 1.96 bits per heavy atom. The first-order valence-electron chi connectivity index (χ1n) is 7.29. The first-order valence-corrected chi connectivity index (χ1v) is 7.67. The number of hydrogen-bond donors (Lipinski definition) is 2. The number of nitrogens with one attached hydrogen (secondary N) is 1. The van der Waals surface area contributed by atoms with Crippen molar-refractivity contribution in [3.05, 3.63) is 64.9 Å². The van der Waals surface area contributed by atoms with Crippen molar-refractivity contribution in [1.29, 1.82) is 0 Å². The number of carbonyl (C=O) groups is 2. The summed E-state index contributed by atoms with van der Waals surface area (Å²) in [5.74, 6) is -1.07. The van der Waals surface area contributed by atoms with Gasteiger partial charge in [0.1, 0.15) is 11.2 Å². The SMILES string of the molecule is CO[C@H](C(=O)N[C@@H](Cc1ccc(Cl)nc1)C(N)=O)c1ccccc1. The maximum absolute atomic E-state index is 12.5. The quantitative estimate of drug-likeness (QED) is 0.744. The molecule has 1 aromatic heterocycles. The Morgan fingerprint density at radius 1 is 1.25 bits per heavy atom. The fraction of sp³-hybridized carbons (Fsp3) is 0.235. The molecule has 0 aliphatic carbocycles. The number of amides is 2. The monoisotopic (exact) mass is 347 g/mol. The summed E-state index contributed by atoms with van der Waals surface area (Å²) in [5, 5.41) is 2.98. The Labute approximate surface area is 145 Å². The Balaban J connectivity index is 2.10. The van der Waals surface area contributed by atoms with Crippen molar-refractivity contribution in [2.24, 2.45) is 5.73 Å². The highest BCUT2D eigenvalue weighted by Gasteiger charge is 2.25. The molecule has 2 amide bonds. The topological polar surface area (TPSA) is 94.3 Å². The van der Waals surface area contributed by atoms with Gasteiger partial charge in [0.25, 0.3) is 5.91 Å². The zero-order chi connectivity index (χ0) is 17.5. The minimum atomic E-state index is -0.873. The van der Waals surface area contributed by atoms with Gasteiger partial charge in [0.2, 0.25) is 5.91 Å². The molecular weight excluding hydrogens is 330 g/mol. The summed E-state index contributed by atoms with van der Waals surface area (Å²) >= 11 is 5.73. The average Bonchev–Trinajstić information content (AvgIpc) is 2.57. The number of rotatable bonds is 7. The summed E-state index contributed by atoms with van der Waals surface area (Å²) in [4.78, 5) is 28.1.